The number of hydrogen-bond acceptors (Lipinski definition) is 4. The summed E-state index contributed by atoms with van der Waals surface area (Å²) in [5.41, 5.74) is -3.25. The molecule has 0 aliphatic rings. The highest BCUT2D eigenvalue weighted by Crippen LogP contribution is 2.40. The predicted octanol–water partition coefficient (Wildman–Crippen LogP) is 5.33. The Balaban J connectivity index is 2.47. The number of ether oxygens (including phenoxy) is 1. The number of esters is 1. The minimum Gasteiger partial charge on any atom is -0.465 e. The molecule has 0 aliphatic carbocycles. The van der Waals surface area contributed by atoms with Crippen molar-refractivity contribution in [2.24, 2.45) is 0 Å². The Bertz CT molecular complexity index is 777. The van der Waals surface area contributed by atoms with Crippen LogP contribution in [0.3, 0.4) is 0 Å². The summed E-state index contributed by atoms with van der Waals surface area (Å²) in [4.78, 5) is 11.5. The second-order valence-corrected chi connectivity index (χ2v) is 7.08. The van der Waals surface area contributed by atoms with Crippen LogP contribution in [0.4, 0.5) is 13.2 Å². The van der Waals surface area contributed by atoms with E-state index in [9.17, 15) is 18.0 Å². The average Bonchev–Trinajstić information content (AvgIpc) is 2.61. The molecular formula is C18H15BrF3NO2S. The Labute approximate surface area is 161 Å². The Kier molecular flexibility index (Phi) is 7.16. The lowest BCUT2D eigenvalue weighted by atomic mass is 10.1. The van der Waals surface area contributed by atoms with E-state index >= 15 is 0 Å². The van der Waals surface area contributed by atoms with Gasteiger partial charge in [0.05, 0.1) is 12.8 Å². The third-order valence-corrected chi connectivity index (χ3v) is 4.60. The molecule has 138 valence electrons. The van der Waals surface area contributed by atoms with Crippen LogP contribution >= 0.6 is 27.7 Å². The summed E-state index contributed by atoms with van der Waals surface area (Å²) >= 11 is 2.79. The average molecular weight is 446 g/mol. The number of methoxy groups -OCH3 is 1. The van der Waals surface area contributed by atoms with E-state index in [1.165, 1.54) is 0 Å². The number of halogens is 4. The van der Waals surface area contributed by atoms with E-state index < -0.39 is 28.1 Å². The van der Waals surface area contributed by atoms with E-state index in [0.29, 0.717) is 5.56 Å². The number of hydrogen-bond donors (Lipinski definition) is 1. The van der Waals surface area contributed by atoms with E-state index in [2.05, 4.69) is 26.0 Å². The van der Waals surface area contributed by atoms with Gasteiger partial charge in [-0.2, -0.15) is 13.2 Å². The van der Waals surface area contributed by atoms with Gasteiger partial charge < -0.3 is 10.1 Å². The Morgan fingerprint density at radius 2 is 1.73 bits per heavy atom. The number of alkyl halides is 3. The molecule has 0 atom stereocenters. The van der Waals surface area contributed by atoms with Gasteiger partial charge in [-0.1, -0.05) is 58.4 Å². The van der Waals surface area contributed by atoms with Crippen LogP contribution in [0.2, 0.25) is 0 Å². The van der Waals surface area contributed by atoms with Gasteiger partial charge in [0, 0.05) is 11.0 Å². The van der Waals surface area contributed by atoms with Crippen LogP contribution < -0.4 is 5.32 Å². The molecule has 0 aliphatic heterocycles. The van der Waals surface area contributed by atoms with Crippen molar-refractivity contribution in [1.29, 1.82) is 0 Å². The van der Waals surface area contributed by atoms with E-state index in [1.807, 2.05) is 30.3 Å². The Morgan fingerprint density at radius 3 is 2.27 bits per heavy atom. The molecular weight excluding hydrogens is 431 g/mol. The summed E-state index contributed by atoms with van der Waals surface area (Å²) in [7, 11) is 1.05. The van der Waals surface area contributed by atoms with E-state index in [1.54, 1.807) is 24.3 Å². The molecule has 0 aromatic heterocycles. The zero-order valence-electron chi connectivity index (χ0n) is 13.6. The lowest BCUT2D eigenvalue weighted by Crippen LogP contribution is -2.19. The van der Waals surface area contributed by atoms with Gasteiger partial charge in [0.2, 0.25) is 0 Å². The second-order valence-electron chi connectivity index (χ2n) is 5.09. The highest BCUT2D eigenvalue weighted by atomic mass is 79.9. The number of nitrogens with one attached hydrogen (secondary N) is 1. The van der Waals surface area contributed by atoms with Gasteiger partial charge in [0.15, 0.2) is 0 Å². The minimum absolute atomic E-state index is 0.0653. The van der Waals surface area contributed by atoms with Crippen LogP contribution in [0, 0.1) is 0 Å². The van der Waals surface area contributed by atoms with Gasteiger partial charge in [-0.25, -0.2) is 4.79 Å². The second kappa shape index (κ2) is 9.14. The first-order chi connectivity index (χ1) is 12.3. The molecule has 0 fully saturated rings. The molecule has 1 N–H and O–H groups in total. The maximum atomic E-state index is 13.0. The van der Waals surface area contributed by atoms with Crippen LogP contribution in [-0.2, 0) is 16.1 Å². The summed E-state index contributed by atoms with van der Waals surface area (Å²) in [5.74, 6) is -1.05. The zero-order chi connectivity index (χ0) is 19.2. The smallest absolute Gasteiger partial charge is 0.446 e. The van der Waals surface area contributed by atoms with Crippen LogP contribution in [0.5, 0.6) is 0 Å². The summed E-state index contributed by atoms with van der Waals surface area (Å²) in [6, 6.07) is 15.8. The van der Waals surface area contributed by atoms with Gasteiger partial charge in [-0.15, -0.1) is 0 Å². The first kappa shape index (κ1) is 20.4. The lowest BCUT2D eigenvalue weighted by Gasteiger charge is -2.17. The highest BCUT2D eigenvalue weighted by molar-refractivity contribution is 9.10. The van der Waals surface area contributed by atoms with E-state index in [0.717, 1.165) is 17.1 Å². The van der Waals surface area contributed by atoms with Crippen molar-refractivity contribution in [3.8, 4) is 0 Å². The normalized spacial score (nSPS) is 12.3. The Morgan fingerprint density at radius 1 is 1.12 bits per heavy atom. The summed E-state index contributed by atoms with van der Waals surface area (Å²) < 4.78 is 44.3. The Hall–Kier alpha value is -1.93. The molecule has 0 saturated heterocycles. The van der Waals surface area contributed by atoms with Crippen molar-refractivity contribution >= 4 is 39.4 Å². The number of carbonyl (C=O) groups is 1. The van der Waals surface area contributed by atoms with Crippen LogP contribution in [-0.4, -0.2) is 18.6 Å². The molecule has 0 bridgehead atoms. The standard InChI is InChI=1S/C18H15BrF3NO2S/c1-25-17(24)16(26-18(20,21)22)15(13-7-9-14(19)10-8-13)23-11-12-5-3-2-4-6-12/h2-10,23H,11H2,1H3/b16-15+. The maximum Gasteiger partial charge on any atom is 0.446 e. The molecule has 0 heterocycles. The zero-order valence-corrected chi connectivity index (χ0v) is 16.0. The molecule has 0 radical (unpaired) electrons. The molecule has 0 unspecified atom stereocenters. The van der Waals surface area contributed by atoms with Crippen molar-refractivity contribution in [3.63, 3.8) is 0 Å². The fourth-order valence-corrected chi connectivity index (χ4v) is 3.07. The summed E-state index contributed by atoms with van der Waals surface area (Å²) in [6.45, 7) is 0.255. The van der Waals surface area contributed by atoms with E-state index in [-0.39, 0.29) is 12.2 Å². The molecule has 0 spiro atoms. The van der Waals surface area contributed by atoms with Crippen LogP contribution in [0.25, 0.3) is 5.70 Å². The molecule has 3 nitrogen and oxygen atoms in total. The van der Waals surface area contributed by atoms with Gasteiger partial charge in [0.1, 0.15) is 4.91 Å². The van der Waals surface area contributed by atoms with Crippen LogP contribution in [0.1, 0.15) is 11.1 Å². The van der Waals surface area contributed by atoms with Crippen molar-refractivity contribution in [1.82, 2.24) is 5.32 Å². The molecule has 26 heavy (non-hydrogen) atoms. The molecule has 0 saturated carbocycles. The fourth-order valence-electron chi connectivity index (χ4n) is 2.12. The summed E-state index contributed by atoms with van der Waals surface area (Å²) in [6.07, 6.45) is 0. The third kappa shape index (κ3) is 6.10. The predicted molar refractivity (Wildman–Crippen MR) is 100 cm³/mol. The highest BCUT2D eigenvalue weighted by Gasteiger charge is 2.35. The van der Waals surface area contributed by atoms with Gasteiger partial charge in [-0.3, -0.25) is 0 Å². The summed E-state index contributed by atoms with van der Waals surface area (Å²) in [5, 5.41) is 2.95. The van der Waals surface area contributed by atoms with Crippen molar-refractivity contribution in [2.75, 3.05) is 7.11 Å². The van der Waals surface area contributed by atoms with Gasteiger partial charge >= 0.3 is 11.5 Å². The van der Waals surface area contributed by atoms with Gasteiger partial charge in [0.25, 0.3) is 0 Å². The fraction of sp³-hybridized carbons (Fsp3) is 0.167. The lowest BCUT2D eigenvalue weighted by molar-refractivity contribution is -0.135. The number of thioether (sulfide) groups is 1. The topological polar surface area (TPSA) is 38.3 Å². The largest absolute Gasteiger partial charge is 0.465 e. The molecule has 8 heteroatoms. The minimum atomic E-state index is -4.63. The molecule has 2 aromatic carbocycles. The van der Waals surface area contributed by atoms with Gasteiger partial charge in [-0.05, 0) is 35.0 Å². The molecule has 0 amide bonds. The van der Waals surface area contributed by atoms with Crippen molar-refractivity contribution in [3.05, 3.63) is 75.1 Å². The first-order valence-electron chi connectivity index (χ1n) is 7.42. The molecule has 2 aromatic rings. The van der Waals surface area contributed by atoms with Crippen molar-refractivity contribution < 1.29 is 22.7 Å². The third-order valence-electron chi connectivity index (χ3n) is 3.26. The SMILES string of the molecule is COC(=O)/C(SC(F)(F)F)=C(\NCc1ccccc1)c1ccc(Br)cc1. The monoisotopic (exact) mass is 445 g/mol. The number of rotatable bonds is 6. The maximum absolute atomic E-state index is 13.0. The number of benzene rings is 2. The quantitative estimate of drug-likeness (QED) is 0.481. The first-order valence-corrected chi connectivity index (χ1v) is 9.03. The van der Waals surface area contributed by atoms with Crippen LogP contribution in [0.15, 0.2) is 64.0 Å². The number of carbonyl (C=O) groups excluding carboxylic acids is 1. The van der Waals surface area contributed by atoms with E-state index in [4.69, 9.17) is 0 Å². The molecule has 2 rings (SSSR count). The van der Waals surface area contributed by atoms with Crippen molar-refractivity contribution in [2.45, 2.75) is 12.1 Å².